The Morgan fingerprint density at radius 3 is 2.48 bits per heavy atom. The zero-order valence-corrected chi connectivity index (χ0v) is 14.2. The molecule has 1 aromatic rings. The van der Waals surface area contributed by atoms with Gasteiger partial charge in [-0.25, -0.2) is 13.1 Å². The first-order valence-corrected chi connectivity index (χ1v) is 9.16. The lowest BCUT2D eigenvalue weighted by Gasteiger charge is -2.41. The normalized spacial score (nSPS) is 17.5. The molecule has 4 nitrogen and oxygen atoms in total. The Labute approximate surface area is 135 Å². The van der Waals surface area contributed by atoms with E-state index in [1.54, 1.807) is 0 Å². The number of hydrogen-bond donors (Lipinski definition) is 2. The van der Waals surface area contributed by atoms with Crippen LogP contribution in [0.25, 0.3) is 0 Å². The van der Waals surface area contributed by atoms with Crippen LogP contribution in [0.4, 0.5) is 0 Å². The topological polar surface area (TPSA) is 66.4 Å². The summed E-state index contributed by atoms with van der Waals surface area (Å²) in [4.78, 5) is -0.0775. The van der Waals surface area contributed by atoms with Crippen molar-refractivity contribution >= 4 is 33.2 Å². The lowest BCUT2D eigenvalue weighted by Crippen LogP contribution is -2.41. The number of nitrogens with one attached hydrogen (secondary N) is 1. The summed E-state index contributed by atoms with van der Waals surface area (Å²) in [6.07, 6.45) is 4.16. The molecule has 0 heterocycles. The number of rotatable bonds is 6. The first-order chi connectivity index (χ1) is 9.83. The Hall–Kier alpha value is -0.330. The summed E-state index contributed by atoms with van der Waals surface area (Å²) >= 11 is 12.0. The number of aliphatic hydroxyl groups is 1. The van der Waals surface area contributed by atoms with Gasteiger partial charge in [-0.1, -0.05) is 36.5 Å². The van der Waals surface area contributed by atoms with Crippen LogP contribution in [-0.2, 0) is 16.6 Å². The number of sulfonamides is 1. The molecule has 0 aliphatic heterocycles. The van der Waals surface area contributed by atoms with Crippen molar-refractivity contribution in [1.29, 1.82) is 0 Å². The largest absolute Gasteiger partial charge is 0.392 e. The SMILES string of the molecule is CCC1(CNS(=O)(=O)c2cc(Cl)cc(CO)c2Cl)CCC1. The van der Waals surface area contributed by atoms with Crippen LogP contribution in [0.1, 0.15) is 38.2 Å². The predicted molar refractivity (Wildman–Crippen MR) is 84.1 cm³/mol. The second kappa shape index (κ2) is 6.42. The predicted octanol–water partition coefficient (Wildman–Crippen LogP) is 3.34. The first kappa shape index (κ1) is 17.0. The molecule has 2 N–H and O–H groups in total. The van der Waals surface area contributed by atoms with Crippen molar-refractivity contribution in [3.05, 3.63) is 27.7 Å². The molecule has 118 valence electrons. The van der Waals surface area contributed by atoms with Crippen molar-refractivity contribution in [3.8, 4) is 0 Å². The van der Waals surface area contributed by atoms with Crippen LogP contribution in [0, 0.1) is 5.41 Å². The van der Waals surface area contributed by atoms with Crippen molar-refractivity contribution < 1.29 is 13.5 Å². The molecule has 0 bridgehead atoms. The lowest BCUT2D eigenvalue weighted by atomic mass is 9.67. The van der Waals surface area contributed by atoms with E-state index >= 15 is 0 Å². The van der Waals surface area contributed by atoms with Crippen LogP contribution in [0.5, 0.6) is 0 Å². The quantitative estimate of drug-likeness (QED) is 0.825. The maximum atomic E-state index is 12.4. The van der Waals surface area contributed by atoms with Gasteiger partial charge in [-0.3, -0.25) is 0 Å². The average Bonchev–Trinajstić information content (AvgIpc) is 2.40. The Kier molecular flexibility index (Phi) is 5.21. The minimum atomic E-state index is -3.74. The molecule has 0 spiro atoms. The fourth-order valence-corrected chi connectivity index (χ4v) is 4.67. The van der Waals surface area contributed by atoms with Gasteiger partial charge in [0.15, 0.2) is 0 Å². The zero-order chi connectivity index (χ0) is 15.7. The maximum absolute atomic E-state index is 12.4. The molecule has 2 rings (SSSR count). The third-order valence-corrected chi connectivity index (χ3v) is 6.54. The summed E-state index contributed by atoms with van der Waals surface area (Å²) in [7, 11) is -3.74. The van der Waals surface area contributed by atoms with Crippen molar-refractivity contribution in [2.75, 3.05) is 6.54 Å². The lowest BCUT2D eigenvalue weighted by molar-refractivity contribution is 0.133. The highest BCUT2D eigenvalue weighted by molar-refractivity contribution is 7.89. The molecule has 1 aliphatic rings. The van der Waals surface area contributed by atoms with Crippen LogP contribution in [0.3, 0.4) is 0 Å². The summed E-state index contributed by atoms with van der Waals surface area (Å²) in [5.41, 5.74) is 0.371. The van der Waals surface area contributed by atoms with E-state index in [1.807, 2.05) is 0 Å². The molecule has 0 radical (unpaired) electrons. The molecule has 0 saturated heterocycles. The van der Waals surface area contributed by atoms with Gasteiger partial charge in [0, 0.05) is 11.6 Å². The van der Waals surface area contributed by atoms with Gasteiger partial charge in [0.1, 0.15) is 4.90 Å². The maximum Gasteiger partial charge on any atom is 0.242 e. The summed E-state index contributed by atoms with van der Waals surface area (Å²) in [6, 6.07) is 2.77. The zero-order valence-electron chi connectivity index (χ0n) is 11.8. The van der Waals surface area contributed by atoms with E-state index in [1.165, 1.54) is 12.1 Å². The summed E-state index contributed by atoms with van der Waals surface area (Å²) in [5, 5.41) is 9.47. The van der Waals surface area contributed by atoms with Crippen LogP contribution >= 0.6 is 23.2 Å². The van der Waals surface area contributed by atoms with Gasteiger partial charge in [0.05, 0.1) is 11.6 Å². The molecule has 0 aromatic heterocycles. The Morgan fingerprint density at radius 1 is 1.33 bits per heavy atom. The minimum Gasteiger partial charge on any atom is -0.392 e. The first-order valence-electron chi connectivity index (χ1n) is 6.92. The van der Waals surface area contributed by atoms with Crippen molar-refractivity contribution in [1.82, 2.24) is 4.72 Å². The number of hydrogen-bond acceptors (Lipinski definition) is 3. The highest BCUT2D eigenvalue weighted by atomic mass is 35.5. The smallest absolute Gasteiger partial charge is 0.242 e. The third-order valence-electron chi connectivity index (χ3n) is 4.34. The van der Waals surface area contributed by atoms with Gasteiger partial charge >= 0.3 is 0 Å². The molecule has 1 aromatic carbocycles. The highest BCUT2D eigenvalue weighted by Crippen LogP contribution is 2.43. The van der Waals surface area contributed by atoms with E-state index in [0.29, 0.717) is 12.1 Å². The van der Waals surface area contributed by atoms with Gasteiger partial charge in [-0.2, -0.15) is 0 Å². The molecule has 1 fully saturated rings. The summed E-state index contributed by atoms with van der Waals surface area (Å²) in [6.45, 7) is 2.12. The molecule has 7 heteroatoms. The van der Waals surface area contributed by atoms with E-state index in [2.05, 4.69) is 11.6 Å². The fraction of sp³-hybridized carbons (Fsp3) is 0.571. The van der Waals surface area contributed by atoms with Crippen LogP contribution in [-0.4, -0.2) is 20.1 Å². The van der Waals surface area contributed by atoms with Crippen molar-refractivity contribution in [3.63, 3.8) is 0 Å². The second-order valence-corrected chi connectivity index (χ2v) is 8.12. The highest BCUT2D eigenvalue weighted by Gasteiger charge is 2.36. The Balaban J connectivity index is 2.25. The molecule has 0 atom stereocenters. The van der Waals surface area contributed by atoms with E-state index in [-0.39, 0.29) is 27.0 Å². The molecule has 0 amide bonds. The Bertz CT molecular complexity index is 622. The number of benzene rings is 1. The fourth-order valence-electron chi connectivity index (χ4n) is 2.59. The van der Waals surface area contributed by atoms with E-state index in [0.717, 1.165) is 25.7 Å². The van der Waals surface area contributed by atoms with Crippen molar-refractivity contribution in [2.24, 2.45) is 5.41 Å². The number of halogens is 2. The Morgan fingerprint density at radius 2 is 2.00 bits per heavy atom. The van der Waals surface area contributed by atoms with E-state index in [4.69, 9.17) is 23.2 Å². The molecular weight excluding hydrogens is 333 g/mol. The van der Waals surface area contributed by atoms with Crippen LogP contribution in [0.2, 0.25) is 10.0 Å². The molecular formula is C14H19Cl2NO3S. The molecule has 1 saturated carbocycles. The van der Waals surface area contributed by atoms with Crippen molar-refractivity contribution in [2.45, 2.75) is 44.1 Å². The monoisotopic (exact) mass is 351 g/mol. The summed E-state index contributed by atoms with van der Waals surface area (Å²) < 4.78 is 27.5. The molecule has 21 heavy (non-hydrogen) atoms. The molecule has 1 aliphatic carbocycles. The van der Waals surface area contributed by atoms with Gasteiger partial charge in [0.25, 0.3) is 0 Å². The van der Waals surface area contributed by atoms with Gasteiger partial charge < -0.3 is 5.11 Å². The molecule has 0 unspecified atom stereocenters. The van der Waals surface area contributed by atoms with Crippen LogP contribution in [0.15, 0.2) is 17.0 Å². The third kappa shape index (κ3) is 3.54. The van der Waals surface area contributed by atoms with E-state index < -0.39 is 10.0 Å². The number of aliphatic hydroxyl groups excluding tert-OH is 1. The second-order valence-electron chi connectivity index (χ2n) is 5.57. The minimum absolute atomic E-state index is 0.0218. The van der Waals surface area contributed by atoms with Crippen LogP contribution < -0.4 is 4.72 Å². The standard InChI is InChI=1S/C14H19Cl2NO3S/c1-2-14(4-3-5-14)9-17-21(19,20)12-7-11(15)6-10(8-18)13(12)16/h6-7,17-18H,2-5,8-9H2,1H3. The average molecular weight is 352 g/mol. The van der Waals surface area contributed by atoms with Gasteiger partial charge in [-0.05, 0) is 42.4 Å². The van der Waals surface area contributed by atoms with E-state index in [9.17, 15) is 13.5 Å². The summed E-state index contributed by atoms with van der Waals surface area (Å²) in [5.74, 6) is 0. The van der Waals surface area contributed by atoms with Gasteiger partial charge in [-0.15, -0.1) is 0 Å². The van der Waals surface area contributed by atoms with Gasteiger partial charge in [0.2, 0.25) is 10.0 Å².